The predicted octanol–water partition coefficient (Wildman–Crippen LogP) is 0.252. The second-order valence-corrected chi connectivity index (χ2v) is 23.7. The van der Waals surface area contributed by atoms with Gasteiger partial charge in [0.1, 0.15) is 52.6 Å². The van der Waals surface area contributed by atoms with Gasteiger partial charge in [0.15, 0.2) is 0 Å². The van der Waals surface area contributed by atoms with Gasteiger partial charge in [-0.25, -0.2) is 0 Å². The average Bonchev–Trinajstić information content (AvgIpc) is 3.83. The summed E-state index contributed by atoms with van der Waals surface area (Å²) >= 11 is 0. The van der Waals surface area contributed by atoms with Crippen LogP contribution in [-0.2, 0) is 52.7 Å². The summed E-state index contributed by atoms with van der Waals surface area (Å²) in [5.74, 6) is -6.73. The van der Waals surface area contributed by atoms with E-state index in [1.54, 1.807) is 20.8 Å². The Morgan fingerprint density at radius 3 is 1.67 bits per heavy atom. The van der Waals surface area contributed by atoms with Crippen LogP contribution in [0.2, 0.25) is 0 Å². The summed E-state index contributed by atoms with van der Waals surface area (Å²) in [6.07, 6.45) is 1.55. The third kappa shape index (κ3) is 25.9. The van der Waals surface area contributed by atoms with E-state index < -0.39 is 100 Å². The molecular weight excluding hydrogens is 1020 g/mol. The maximum absolute atomic E-state index is 14.1. The van der Waals surface area contributed by atoms with Crippen molar-refractivity contribution in [2.45, 2.75) is 233 Å². The van der Waals surface area contributed by atoms with Crippen LogP contribution in [0.3, 0.4) is 0 Å². The van der Waals surface area contributed by atoms with Gasteiger partial charge in [0.05, 0.1) is 12.7 Å². The molecule has 24 nitrogen and oxygen atoms in total. The van der Waals surface area contributed by atoms with Crippen molar-refractivity contribution >= 4 is 64.9 Å². The lowest BCUT2D eigenvalue weighted by molar-refractivity contribution is -0.141. The van der Waals surface area contributed by atoms with E-state index in [0.29, 0.717) is 38.9 Å². The number of Topliss-reactive ketones (excluding diaryl/α,β-unsaturated/α-hetero) is 1. The predicted molar refractivity (Wildman–Crippen MR) is 298 cm³/mol. The normalized spacial score (nSPS) is 16.5. The van der Waals surface area contributed by atoms with Crippen molar-refractivity contribution in [3.05, 3.63) is 0 Å². The van der Waals surface area contributed by atoms with Crippen molar-refractivity contribution in [2.24, 2.45) is 17.8 Å². The largest absolute Gasteiger partial charge is 0.395 e. The van der Waals surface area contributed by atoms with E-state index in [0.717, 1.165) is 0 Å². The highest BCUT2D eigenvalue weighted by atomic mass is 16.3. The van der Waals surface area contributed by atoms with E-state index >= 15 is 0 Å². The maximum Gasteiger partial charge on any atom is 0.246 e. The molecule has 0 spiro atoms. The minimum atomic E-state index is -1.70. The summed E-state index contributed by atoms with van der Waals surface area (Å²) in [4.78, 5) is 149. The molecule has 0 aromatic heterocycles. The molecule has 12 N–H and O–H groups in total. The quantitative estimate of drug-likeness (QED) is 0.0375. The van der Waals surface area contributed by atoms with Crippen molar-refractivity contribution in [1.82, 2.24) is 58.1 Å². The smallest absolute Gasteiger partial charge is 0.246 e. The molecule has 79 heavy (non-hydrogen) atoms. The van der Waals surface area contributed by atoms with Crippen molar-refractivity contribution in [2.75, 3.05) is 32.8 Å². The summed E-state index contributed by atoms with van der Waals surface area (Å²) in [5, 5.41) is 46.8. The first-order chi connectivity index (χ1) is 36.6. The Hall–Kier alpha value is -5.75. The number of nitrogens with one attached hydrogen (secondary N) is 10. The molecule has 24 heteroatoms. The molecule has 1 heterocycles. The SMILES string of the molecule is CCCC(=O)N1CCC[C@H]1C(=O)N[C@@H](C[C@H](C)C[C@@H](O)CC(=O)CC)C(=O)NC(C)(C)C(=O)NC(C)(C)C(=O)N[C@@H](C)C(=O)N[C@@H](CC(C)C)C(=O)NC(C)(C)C(=O)N[C@@H](CC(C)C)C(=O)NCCC(=O)N[C@@H](C)CNCCO. The Bertz CT molecular complexity index is 2080. The van der Waals surface area contributed by atoms with Crippen molar-refractivity contribution in [1.29, 1.82) is 0 Å². The van der Waals surface area contributed by atoms with Gasteiger partial charge in [-0.2, -0.15) is 0 Å². The van der Waals surface area contributed by atoms with E-state index in [-0.39, 0.29) is 106 Å². The molecule has 0 saturated carbocycles. The zero-order valence-corrected chi connectivity index (χ0v) is 49.9. The van der Waals surface area contributed by atoms with Crippen LogP contribution in [-0.4, -0.2) is 172 Å². The molecule has 1 fully saturated rings. The molecule has 10 amide bonds. The molecule has 0 aromatic carbocycles. The van der Waals surface area contributed by atoms with Gasteiger partial charge >= 0.3 is 0 Å². The zero-order valence-electron chi connectivity index (χ0n) is 49.9. The Morgan fingerprint density at radius 1 is 0.595 bits per heavy atom. The monoisotopic (exact) mass is 1120 g/mol. The Morgan fingerprint density at radius 2 is 1.13 bits per heavy atom. The van der Waals surface area contributed by atoms with Crippen LogP contribution in [0.5, 0.6) is 0 Å². The number of rotatable bonds is 36. The summed E-state index contributed by atoms with van der Waals surface area (Å²) < 4.78 is 0. The van der Waals surface area contributed by atoms with E-state index in [2.05, 4.69) is 53.2 Å². The molecule has 0 bridgehead atoms. The molecule has 452 valence electrons. The van der Waals surface area contributed by atoms with Gasteiger partial charge < -0.3 is 68.3 Å². The van der Waals surface area contributed by atoms with Crippen molar-refractivity contribution in [3.63, 3.8) is 0 Å². The fourth-order valence-corrected chi connectivity index (χ4v) is 8.75. The second-order valence-electron chi connectivity index (χ2n) is 23.7. The fourth-order valence-electron chi connectivity index (χ4n) is 8.75. The molecule has 1 saturated heterocycles. The van der Waals surface area contributed by atoms with Crippen LogP contribution in [0.25, 0.3) is 0 Å². The molecule has 8 atom stereocenters. The fraction of sp³-hybridized carbons (Fsp3) is 0.800. The first-order valence-corrected chi connectivity index (χ1v) is 28.2. The van der Waals surface area contributed by atoms with Gasteiger partial charge in [0.2, 0.25) is 59.1 Å². The average molecular weight is 1120 g/mol. The number of likely N-dealkylation sites (tertiary alicyclic amines) is 1. The summed E-state index contributed by atoms with van der Waals surface area (Å²) in [6, 6.07) is -5.70. The van der Waals surface area contributed by atoms with E-state index in [1.807, 2.05) is 34.6 Å². The van der Waals surface area contributed by atoms with Gasteiger partial charge in [-0.1, -0.05) is 48.5 Å². The first-order valence-electron chi connectivity index (χ1n) is 28.2. The molecule has 0 unspecified atom stereocenters. The van der Waals surface area contributed by atoms with E-state index in [1.165, 1.54) is 53.4 Å². The van der Waals surface area contributed by atoms with E-state index in [4.69, 9.17) is 5.11 Å². The summed E-state index contributed by atoms with van der Waals surface area (Å²) in [6.45, 7) is 25.5. The van der Waals surface area contributed by atoms with Crippen LogP contribution in [0.4, 0.5) is 0 Å². The number of aliphatic hydroxyl groups excluding tert-OH is 2. The first kappa shape index (κ1) is 71.3. The number of hydrogen-bond acceptors (Lipinski definition) is 14. The number of aliphatic hydroxyl groups is 2. The van der Waals surface area contributed by atoms with Gasteiger partial charge in [-0.3, -0.25) is 52.7 Å². The van der Waals surface area contributed by atoms with Crippen molar-refractivity contribution < 1.29 is 63.0 Å². The number of carbonyl (C=O) groups excluding carboxylic acids is 11. The number of nitrogens with zero attached hydrogens (tertiary/aromatic N) is 1. The highest BCUT2D eigenvalue weighted by Crippen LogP contribution is 2.22. The Kier molecular flexibility index (Phi) is 30.4. The number of carbonyl (C=O) groups is 11. The lowest BCUT2D eigenvalue weighted by Crippen LogP contribution is -2.66. The van der Waals surface area contributed by atoms with Gasteiger partial charge in [-0.15, -0.1) is 0 Å². The number of amides is 10. The highest BCUT2D eigenvalue weighted by Gasteiger charge is 2.42. The van der Waals surface area contributed by atoms with Crippen LogP contribution in [0.15, 0.2) is 0 Å². The molecule has 1 rings (SSSR count). The Balaban J connectivity index is 3.11. The van der Waals surface area contributed by atoms with Crippen LogP contribution in [0.1, 0.15) is 174 Å². The van der Waals surface area contributed by atoms with Gasteiger partial charge in [0.25, 0.3) is 0 Å². The molecular formula is C55H99N11O13. The topological polar surface area (TPSA) is 352 Å². The molecule has 0 aromatic rings. The Labute approximate surface area is 468 Å². The third-order valence-corrected chi connectivity index (χ3v) is 13.4. The third-order valence-electron chi connectivity index (χ3n) is 13.4. The minimum Gasteiger partial charge on any atom is -0.395 e. The lowest BCUT2D eigenvalue weighted by Gasteiger charge is -2.34. The van der Waals surface area contributed by atoms with Gasteiger partial charge in [0, 0.05) is 57.9 Å². The molecule has 1 aliphatic heterocycles. The van der Waals surface area contributed by atoms with Crippen LogP contribution in [0, 0.1) is 17.8 Å². The zero-order chi connectivity index (χ0) is 60.6. The molecule has 1 aliphatic rings. The highest BCUT2D eigenvalue weighted by molar-refractivity contribution is 6.00. The second kappa shape index (κ2) is 33.7. The number of hydrogen-bond donors (Lipinski definition) is 12. The molecule has 0 radical (unpaired) electrons. The van der Waals surface area contributed by atoms with E-state index in [9.17, 15) is 57.8 Å². The minimum absolute atomic E-state index is 0.000544. The summed E-state index contributed by atoms with van der Waals surface area (Å²) in [5.41, 5.74) is -4.99. The van der Waals surface area contributed by atoms with Crippen LogP contribution < -0.4 is 53.2 Å². The molecule has 0 aliphatic carbocycles. The lowest BCUT2D eigenvalue weighted by atomic mass is 9.92. The summed E-state index contributed by atoms with van der Waals surface area (Å²) in [7, 11) is 0. The van der Waals surface area contributed by atoms with Gasteiger partial charge in [-0.05, 0) is 118 Å². The standard InChI is InChI=1S/C55H99N11O13/c1-16-19-44(71)66-24-18-20-42(66)49(76)61-41(29-34(7)28-38(69)30-37(68)17-2)48(75)64-55(14,15)52(79)65-54(12,13)50(77)59-36(9)45(72)60-40(27-33(5)6)47(74)63-53(10,11)51(78)62-39(26-32(3)4)46(73)57-22-21-43(70)58-35(8)31-56-23-25-67/h32-36,38-42,56,67,69H,16-31H2,1-15H3,(H,57,73)(H,58,70)(H,59,77)(H,60,72)(H,61,76)(H,62,78)(H,63,74)(H,64,75)(H,65,79)/t34-,35+,36+,38-,39+,40+,41+,42+/m1/s1. The number of ketones is 1. The van der Waals surface area contributed by atoms with Crippen molar-refractivity contribution in [3.8, 4) is 0 Å². The maximum atomic E-state index is 14.1. The van der Waals surface area contributed by atoms with Crippen LogP contribution >= 0.6 is 0 Å².